The topological polar surface area (TPSA) is 24.9 Å². The fraction of sp³-hybridized carbons (Fsp3) is 0.100. The van der Waals surface area contributed by atoms with Crippen LogP contribution >= 0.6 is 22.9 Å². The average Bonchev–Trinajstić information content (AvgIpc) is 2.73. The van der Waals surface area contributed by atoms with Gasteiger partial charge in [0.2, 0.25) is 0 Å². The van der Waals surface area contributed by atoms with Crippen molar-refractivity contribution in [2.24, 2.45) is 0 Å². The van der Waals surface area contributed by atoms with Crippen molar-refractivity contribution >= 4 is 28.6 Å². The first-order chi connectivity index (χ1) is 7.27. The minimum Gasteiger partial charge on any atom is -0.377 e. The summed E-state index contributed by atoms with van der Waals surface area (Å²) in [5, 5.41) is 4.98. The lowest BCUT2D eigenvalue weighted by molar-refractivity contribution is 0.630. The molecule has 2 aromatic rings. The fourth-order valence-corrected chi connectivity index (χ4v) is 1.88. The van der Waals surface area contributed by atoms with Gasteiger partial charge in [-0.1, -0.05) is 17.7 Å². The van der Waals surface area contributed by atoms with Crippen molar-refractivity contribution in [3.05, 3.63) is 45.6 Å². The van der Waals surface area contributed by atoms with Crippen LogP contribution in [-0.4, -0.2) is 4.98 Å². The number of halogens is 2. The number of nitrogens with zero attached hydrogens (tertiary/aromatic N) is 1. The van der Waals surface area contributed by atoms with E-state index in [1.54, 1.807) is 17.6 Å². The van der Waals surface area contributed by atoms with Gasteiger partial charge in [-0.05, 0) is 12.1 Å². The molecule has 1 aromatic carbocycles. The van der Waals surface area contributed by atoms with E-state index in [0.717, 1.165) is 5.69 Å². The van der Waals surface area contributed by atoms with E-state index in [4.69, 9.17) is 11.6 Å². The van der Waals surface area contributed by atoms with Crippen LogP contribution in [0.25, 0.3) is 0 Å². The zero-order chi connectivity index (χ0) is 10.7. The molecule has 0 spiro atoms. The molecule has 0 aliphatic carbocycles. The van der Waals surface area contributed by atoms with Crippen molar-refractivity contribution < 1.29 is 4.39 Å². The quantitative estimate of drug-likeness (QED) is 0.891. The van der Waals surface area contributed by atoms with E-state index >= 15 is 0 Å². The van der Waals surface area contributed by atoms with E-state index in [2.05, 4.69) is 10.3 Å². The molecule has 5 heteroatoms. The minimum atomic E-state index is -0.422. The van der Waals surface area contributed by atoms with Crippen molar-refractivity contribution in [3.8, 4) is 0 Å². The Kier molecular flexibility index (Phi) is 3.18. The van der Waals surface area contributed by atoms with E-state index < -0.39 is 5.82 Å². The number of hydrogen-bond donors (Lipinski definition) is 1. The number of aromatic nitrogens is 1. The highest BCUT2D eigenvalue weighted by Gasteiger charge is 2.05. The Hall–Kier alpha value is -1.13. The molecule has 2 rings (SSSR count). The molecule has 0 atom stereocenters. The number of anilines is 1. The summed E-state index contributed by atoms with van der Waals surface area (Å²) in [5.41, 5.74) is 3.03. The first kappa shape index (κ1) is 10.4. The lowest BCUT2D eigenvalue weighted by Gasteiger charge is -2.06. The van der Waals surface area contributed by atoms with Crippen LogP contribution in [0.5, 0.6) is 0 Å². The van der Waals surface area contributed by atoms with Gasteiger partial charge in [-0.15, -0.1) is 11.3 Å². The molecule has 0 aliphatic heterocycles. The molecule has 0 unspecified atom stereocenters. The molecule has 15 heavy (non-hydrogen) atoms. The molecular formula is C10H8ClFN2S. The van der Waals surface area contributed by atoms with Crippen LogP contribution in [0.15, 0.2) is 29.1 Å². The van der Waals surface area contributed by atoms with E-state index in [9.17, 15) is 4.39 Å². The Labute approximate surface area is 95.7 Å². The first-order valence-electron chi connectivity index (χ1n) is 4.32. The predicted molar refractivity (Wildman–Crippen MR) is 60.9 cm³/mol. The predicted octanol–water partition coefficient (Wildman–Crippen LogP) is 3.55. The molecule has 0 saturated carbocycles. The maximum atomic E-state index is 13.4. The van der Waals surface area contributed by atoms with Crippen LogP contribution in [-0.2, 0) is 6.54 Å². The van der Waals surface area contributed by atoms with E-state index in [1.165, 1.54) is 17.4 Å². The lowest BCUT2D eigenvalue weighted by atomic mass is 10.3. The van der Waals surface area contributed by atoms with Crippen LogP contribution in [0.1, 0.15) is 5.69 Å². The maximum absolute atomic E-state index is 13.4. The van der Waals surface area contributed by atoms with Crippen LogP contribution < -0.4 is 5.32 Å². The lowest BCUT2D eigenvalue weighted by Crippen LogP contribution is -2.01. The molecule has 0 aliphatic rings. The Morgan fingerprint density at radius 1 is 1.47 bits per heavy atom. The monoisotopic (exact) mass is 242 g/mol. The van der Waals surface area contributed by atoms with E-state index in [-0.39, 0.29) is 5.02 Å². The third kappa shape index (κ3) is 2.46. The van der Waals surface area contributed by atoms with Gasteiger partial charge in [0.05, 0.1) is 28.5 Å². The van der Waals surface area contributed by atoms with Gasteiger partial charge < -0.3 is 5.32 Å². The van der Waals surface area contributed by atoms with Crippen molar-refractivity contribution in [1.29, 1.82) is 0 Å². The van der Waals surface area contributed by atoms with Gasteiger partial charge >= 0.3 is 0 Å². The summed E-state index contributed by atoms with van der Waals surface area (Å²) in [6.07, 6.45) is 0. The zero-order valence-electron chi connectivity index (χ0n) is 7.71. The third-order valence-corrected chi connectivity index (χ3v) is 2.82. The molecule has 1 N–H and O–H groups in total. The Morgan fingerprint density at radius 3 is 3.07 bits per heavy atom. The van der Waals surface area contributed by atoms with Crippen molar-refractivity contribution in [3.63, 3.8) is 0 Å². The van der Waals surface area contributed by atoms with Gasteiger partial charge in [0.1, 0.15) is 0 Å². The highest BCUT2D eigenvalue weighted by atomic mass is 35.5. The van der Waals surface area contributed by atoms with Gasteiger partial charge in [0.25, 0.3) is 0 Å². The molecule has 2 nitrogen and oxygen atoms in total. The second kappa shape index (κ2) is 4.59. The summed E-state index contributed by atoms with van der Waals surface area (Å²) in [6.45, 7) is 0.501. The second-order valence-corrected chi connectivity index (χ2v) is 4.06. The normalized spacial score (nSPS) is 10.3. The SMILES string of the molecule is Fc1c(Cl)cccc1NCc1cscn1. The van der Waals surface area contributed by atoms with Crippen molar-refractivity contribution in [1.82, 2.24) is 4.98 Å². The molecule has 0 amide bonds. The second-order valence-electron chi connectivity index (χ2n) is 2.93. The van der Waals surface area contributed by atoms with Gasteiger partial charge in [-0.3, -0.25) is 0 Å². The molecular weight excluding hydrogens is 235 g/mol. The summed E-state index contributed by atoms with van der Waals surface area (Å²) < 4.78 is 13.4. The van der Waals surface area contributed by atoms with E-state index in [0.29, 0.717) is 12.2 Å². The van der Waals surface area contributed by atoms with Crippen LogP contribution in [0.4, 0.5) is 10.1 Å². The molecule has 78 valence electrons. The number of thiazole rings is 1. The Morgan fingerprint density at radius 2 is 2.33 bits per heavy atom. The highest BCUT2D eigenvalue weighted by molar-refractivity contribution is 7.07. The van der Waals surface area contributed by atoms with Gasteiger partial charge in [-0.25, -0.2) is 9.37 Å². The third-order valence-electron chi connectivity index (χ3n) is 1.90. The molecule has 0 fully saturated rings. The summed E-state index contributed by atoms with van der Waals surface area (Å²) in [4.78, 5) is 4.08. The van der Waals surface area contributed by atoms with Gasteiger partial charge in [-0.2, -0.15) is 0 Å². The van der Waals surface area contributed by atoms with Crippen LogP contribution in [0.2, 0.25) is 5.02 Å². The molecule has 1 aromatic heterocycles. The van der Waals surface area contributed by atoms with Gasteiger partial charge in [0, 0.05) is 5.38 Å². The average molecular weight is 243 g/mol. The summed E-state index contributed by atoms with van der Waals surface area (Å²) in [7, 11) is 0. The largest absolute Gasteiger partial charge is 0.377 e. The fourth-order valence-electron chi connectivity index (χ4n) is 1.15. The molecule has 0 bridgehead atoms. The summed E-state index contributed by atoms with van der Waals surface area (Å²) in [6, 6.07) is 4.87. The number of hydrogen-bond acceptors (Lipinski definition) is 3. The first-order valence-corrected chi connectivity index (χ1v) is 5.64. The number of benzene rings is 1. The van der Waals surface area contributed by atoms with Gasteiger partial charge in [0.15, 0.2) is 5.82 Å². The smallest absolute Gasteiger partial charge is 0.164 e. The molecule has 0 radical (unpaired) electrons. The standard InChI is InChI=1S/C10H8ClFN2S/c11-8-2-1-3-9(10(8)12)13-4-7-5-15-6-14-7/h1-3,5-6,13H,4H2. The number of rotatable bonds is 3. The highest BCUT2D eigenvalue weighted by Crippen LogP contribution is 2.22. The summed E-state index contributed by atoms with van der Waals surface area (Å²) >= 11 is 7.16. The van der Waals surface area contributed by atoms with E-state index in [1.807, 2.05) is 5.38 Å². The zero-order valence-corrected chi connectivity index (χ0v) is 9.28. The Bertz CT molecular complexity index is 445. The van der Waals surface area contributed by atoms with Crippen molar-refractivity contribution in [2.45, 2.75) is 6.54 Å². The van der Waals surface area contributed by atoms with Crippen LogP contribution in [0.3, 0.4) is 0 Å². The van der Waals surface area contributed by atoms with Crippen molar-refractivity contribution in [2.75, 3.05) is 5.32 Å². The summed E-state index contributed by atoms with van der Waals surface area (Å²) in [5.74, 6) is -0.422. The van der Waals surface area contributed by atoms with Crippen LogP contribution in [0, 0.1) is 5.82 Å². The molecule has 1 heterocycles. The maximum Gasteiger partial charge on any atom is 0.164 e. The number of nitrogens with one attached hydrogen (secondary N) is 1. The minimum absolute atomic E-state index is 0.123. The Balaban J connectivity index is 2.08. The molecule has 0 saturated heterocycles.